The predicted octanol–water partition coefficient (Wildman–Crippen LogP) is 1.15. The van der Waals surface area contributed by atoms with Gasteiger partial charge in [0.25, 0.3) is 5.91 Å². The van der Waals surface area contributed by atoms with Crippen LogP contribution in [0.25, 0.3) is 0 Å². The van der Waals surface area contributed by atoms with Crippen LogP contribution in [0.2, 0.25) is 0 Å². The first-order chi connectivity index (χ1) is 12.5. The molecule has 1 aromatic heterocycles. The van der Waals surface area contributed by atoms with Crippen molar-refractivity contribution in [1.82, 2.24) is 14.8 Å². The molecule has 3 aliphatic rings. The van der Waals surface area contributed by atoms with Crippen molar-refractivity contribution in [2.24, 2.45) is 0 Å². The third-order valence-corrected chi connectivity index (χ3v) is 5.20. The monoisotopic (exact) mass is 359 g/mol. The Morgan fingerprint density at radius 1 is 1.23 bits per heavy atom. The van der Waals surface area contributed by atoms with Crippen molar-refractivity contribution < 1.29 is 19.1 Å². The molecule has 2 saturated heterocycles. The minimum atomic E-state index is -0.699. The standard InChI is InChI=1S/C19H25N3O4/c1-12-9-21(10-13(2)26-12)19(24)18-17(14-4-3-7-20-8-14)22(15-5-6-15)16(23)11-25-18/h3-4,7-8,12-13,15,17-18H,5-6,9-11H2,1-2H3. The van der Waals surface area contributed by atoms with Crippen LogP contribution < -0.4 is 0 Å². The van der Waals surface area contributed by atoms with Gasteiger partial charge in [-0.25, -0.2) is 0 Å². The maximum atomic E-state index is 13.3. The van der Waals surface area contributed by atoms with Crippen molar-refractivity contribution >= 4 is 11.8 Å². The SMILES string of the molecule is CC1CN(C(=O)C2OCC(=O)N(C3CC3)C2c2cccnc2)CC(C)O1. The van der Waals surface area contributed by atoms with Crippen LogP contribution in [0.3, 0.4) is 0 Å². The van der Waals surface area contributed by atoms with E-state index in [4.69, 9.17) is 9.47 Å². The van der Waals surface area contributed by atoms with Gasteiger partial charge in [-0.2, -0.15) is 0 Å². The van der Waals surface area contributed by atoms with E-state index in [0.29, 0.717) is 13.1 Å². The average Bonchev–Trinajstić information content (AvgIpc) is 3.45. The number of ether oxygens (including phenoxy) is 2. The van der Waals surface area contributed by atoms with Gasteiger partial charge in [0, 0.05) is 31.5 Å². The van der Waals surface area contributed by atoms with Gasteiger partial charge in [-0.3, -0.25) is 14.6 Å². The van der Waals surface area contributed by atoms with Crippen molar-refractivity contribution in [3.05, 3.63) is 30.1 Å². The van der Waals surface area contributed by atoms with Gasteiger partial charge in [-0.05, 0) is 38.3 Å². The highest BCUT2D eigenvalue weighted by atomic mass is 16.5. The van der Waals surface area contributed by atoms with Crippen molar-refractivity contribution in [2.45, 2.75) is 57.1 Å². The van der Waals surface area contributed by atoms with Gasteiger partial charge in [-0.15, -0.1) is 0 Å². The maximum absolute atomic E-state index is 13.3. The van der Waals surface area contributed by atoms with Gasteiger partial charge in [0.1, 0.15) is 6.61 Å². The van der Waals surface area contributed by atoms with Crippen LogP contribution in [0, 0.1) is 0 Å². The molecule has 3 heterocycles. The highest BCUT2D eigenvalue weighted by molar-refractivity contribution is 5.87. The molecule has 26 heavy (non-hydrogen) atoms. The quantitative estimate of drug-likeness (QED) is 0.810. The number of pyridine rings is 1. The highest BCUT2D eigenvalue weighted by Gasteiger charge is 2.48. The second-order valence-electron chi connectivity index (χ2n) is 7.50. The van der Waals surface area contributed by atoms with E-state index in [9.17, 15) is 9.59 Å². The molecule has 0 bridgehead atoms. The summed E-state index contributed by atoms with van der Waals surface area (Å²) in [6.07, 6.45) is 4.67. The fraction of sp³-hybridized carbons (Fsp3) is 0.632. The van der Waals surface area contributed by atoms with Gasteiger partial charge in [0.05, 0.1) is 18.2 Å². The lowest BCUT2D eigenvalue weighted by Crippen LogP contribution is -2.58. The number of carbonyl (C=O) groups excluding carboxylic acids is 2. The lowest BCUT2D eigenvalue weighted by molar-refractivity contribution is -0.175. The van der Waals surface area contributed by atoms with E-state index < -0.39 is 12.1 Å². The molecule has 1 aromatic rings. The molecule has 0 spiro atoms. The first-order valence-corrected chi connectivity index (χ1v) is 9.31. The Morgan fingerprint density at radius 3 is 2.58 bits per heavy atom. The summed E-state index contributed by atoms with van der Waals surface area (Å²) in [5.41, 5.74) is 0.847. The molecule has 140 valence electrons. The van der Waals surface area contributed by atoms with Crippen molar-refractivity contribution in [1.29, 1.82) is 0 Å². The number of hydrogen-bond acceptors (Lipinski definition) is 5. The zero-order valence-corrected chi connectivity index (χ0v) is 15.2. The van der Waals surface area contributed by atoms with Crippen LogP contribution in [0.15, 0.2) is 24.5 Å². The summed E-state index contributed by atoms with van der Waals surface area (Å²) in [5, 5.41) is 0. The molecule has 0 aromatic carbocycles. The number of carbonyl (C=O) groups is 2. The molecule has 1 saturated carbocycles. The Hall–Kier alpha value is -1.99. The van der Waals surface area contributed by atoms with Gasteiger partial charge in [0.2, 0.25) is 5.91 Å². The van der Waals surface area contributed by atoms with E-state index in [2.05, 4.69) is 4.98 Å². The summed E-state index contributed by atoms with van der Waals surface area (Å²) in [6, 6.07) is 3.53. The van der Waals surface area contributed by atoms with Crippen molar-refractivity contribution in [2.75, 3.05) is 19.7 Å². The molecule has 7 nitrogen and oxygen atoms in total. The topological polar surface area (TPSA) is 72.0 Å². The molecule has 4 atom stereocenters. The lowest BCUT2D eigenvalue weighted by Gasteiger charge is -2.44. The molecule has 4 unspecified atom stereocenters. The molecule has 2 amide bonds. The molecular weight excluding hydrogens is 334 g/mol. The van der Waals surface area contributed by atoms with Crippen LogP contribution in [-0.2, 0) is 19.1 Å². The molecule has 1 aliphatic carbocycles. The van der Waals surface area contributed by atoms with E-state index in [-0.39, 0.29) is 36.7 Å². The van der Waals surface area contributed by atoms with Crippen LogP contribution in [0.1, 0.15) is 38.3 Å². The van der Waals surface area contributed by atoms with Gasteiger partial charge < -0.3 is 19.3 Å². The first kappa shape index (κ1) is 17.4. The summed E-state index contributed by atoms with van der Waals surface area (Å²) in [6.45, 7) is 4.98. The average molecular weight is 359 g/mol. The third-order valence-electron chi connectivity index (χ3n) is 5.20. The molecule has 0 N–H and O–H groups in total. The maximum Gasteiger partial charge on any atom is 0.254 e. The van der Waals surface area contributed by atoms with Crippen molar-refractivity contribution in [3.8, 4) is 0 Å². The van der Waals surface area contributed by atoms with Gasteiger partial charge in [0.15, 0.2) is 6.10 Å². The number of nitrogens with zero attached hydrogens (tertiary/aromatic N) is 3. The number of amides is 2. The minimum Gasteiger partial charge on any atom is -0.372 e. The Bertz CT molecular complexity index is 669. The first-order valence-electron chi connectivity index (χ1n) is 9.31. The molecule has 2 aliphatic heterocycles. The van der Waals surface area contributed by atoms with Crippen LogP contribution in [-0.4, -0.2) is 70.6 Å². The van der Waals surface area contributed by atoms with Crippen LogP contribution in [0.4, 0.5) is 0 Å². The number of hydrogen-bond donors (Lipinski definition) is 0. The summed E-state index contributed by atoms with van der Waals surface area (Å²) >= 11 is 0. The third kappa shape index (κ3) is 3.33. The van der Waals surface area contributed by atoms with E-state index in [0.717, 1.165) is 18.4 Å². The van der Waals surface area contributed by atoms with Crippen molar-refractivity contribution in [3.63, 3.8) is 0 Å². The summed E-state index contributed by atoms with van der Waals surface area (Å²) in [4.78, 5) is 33.7. The van der Waals surface area contributed by atoms with Crippen LogP contribution in [0.5, 0.6) is 0 Å². The highest BCUT2D eigenvalue weighted by Crippen LogP contribution is 2.39. The Morgan fingerprint density at radius 2 is 1.96 bits per heavy atom. The molecular formula is C19H25N3O4. The summed E-state index contributed by atoms with van der Waals surface area (Å²) in [5.74, 6) is -0.117. The molecule has 7 heteroatoms. The summed E-state index contributed by atoms with van der Waals surface area (Å²) < 4.78 is 11.5. The lowest BCUT2D eigenvalue weighted by atomic mass is 9.97. The molecule has 3 fully saturated rings. The summed E-state index contributed by atoms with van der Waals surface area (Å²) in [7, 11) is 0. The Labute approximate surface area is 153 Å². The predicted molar refractivity (Wildman–Crippen MR) is 93.2 cm³/mol. The van der Waals surface area contributed by atoms with E-state index in [1.807, 2.05) is 35.8 Å². The van der Waals surface area contributed by atoms with E-state index >= 15 is 0 Å². The van der Waals surface area contributed by atoms with Gasteiger partial charge >= 0.3 is 0 Å². The fourth-order valence-electron chi connectivity index (χ4n) is 4.04. The second kappa shape index (κ2) is 6.96. The Balaban J connectivity index is 1.64. The Kier molecular flexibility index (Phi) is 4.67. The minimum absolute atomic E-state index is 0.00991. The smallest absolute Gasteiger partial charge is 0.254 e. The number of morpholine rings is 2. The van der Waals surface area contributed by atoms with E-state index in [1.54, 1.807) is 12.4 Å². The normalized spacial score (nSPS) is 32.6. The van der Waals surface area contributed by atoms with Crippen LogP contribution >= 0.6 is 0 Å². The number of rotatable bonds is 3. The largest absolute Gasteiger partial charge is 0.372 e. The fourth-order valence-corrected chi connectivity index (χ4v) is 4.04. The molecule has 0 radical (unpaired) electrons. The van der Waals surface area contributed by atoms with E-state index in [1.165, 1.54) is 0 Å². The second-order valence-corrected chi connectivity index (χ2v) is 7.50. The zero-order chi connectivity index (χ0) is 18.3. The number of aromatic nitrogens is 1. The zero-order valence-electron chi connectivity index (χ0n) is 15.2. The molecule has 4 rings (SSSR count). The van der Waals surface area contributed by atoms with Gasteiger partial charge in [-0.1, -0.05) is 6.07 Å².